The van der Waals surface area contributed by atoms with Crippen LogP contribution in [0.4, 0.5) is 14.4 Å². The molecule has 1 aliphatic heterocycles. The topological polar surface area (TPSA) is 255 Å². The molecule has 2 aliphatic carbocycles. The summed E-state index contributed by atoms with van der Waals surface area (Å²) in [4.78, 5) is 70.1. The van der Waals surface area contributed by atoms with Gasteiger partial charge in [0.15, 0.2) is 0 Å². The number of sulfonamides is 2. The van der Waals surface area contributed by atoms with Gasteiger partial charge in [-0.05, 0) is 119 Å². The van der Waals surface area contributed by atoms with Crippen molar-refractivity contribution in [2.45, 2.75) is 127 Å². The smallest absolute Gasteiger partial charge is 0.328 e. The van der Waals surface area contributed by atoms with Gasteiger partial charge in [-0.15, -0.1) is 0 Å². The van der Waals surface area contributed by atoms with Crippen molar-refractivity contribution in [1.29, 1.82) is 0 Å². The Kier molecular flexibility index (Phi) is 18.0. The van der Waals surface area contributed by atoms with Gasteiger partial charge in [-0.3, -0.25) is 19.5 Å². The van der Waals surface area contributed by atoms with Crippen molar-refractivity contribution >= 4 is 50.0 Å². The van der Waals surface area contributed by atoms with E-state index in [9.17, 15) is 40.8 Å². The molecule has 0 unspecified atom stereocenters. The van der Waals surface area contributed by atoms with Crippen LogP contribution in [-0.4, -0.2) is 93.3 Å². The number of rotatable bonds is 14. The van der Waals surface area contributed by atoms with E-state index in [4.69, 9.17) is 0 Å². The third-order valence-electron chi connectivity index (χ3n) is 11.6. The van der Waals surface area contributed by atoms with Gasteiger partial charge in [-0.1, -0.05) is 57.4 Å². The summed E-state index contributed by atoms with van der Waals surface area (Å²) in [5, 5.41) is 11.0. The second-order valence-electron chi connectivity index (χ2n) is 16.8. The van der Waals surface area contributed by atoms with E-state index in [1.807, 2.05) is 13.8 Å². The second kappa shape index (κ2) is 23.3. The first-order valence-corrected chi connectivity index (χ1v) is 25.1. The SMILES string of the molecule is CCC1=C(C)CN(C(=O)NCCc2ccc(S(=O)(=O)NC(=O)NC3CCC(C)CC3)cc2)C1=O.Cc1cnc(C(=O)NCCc2ccc(S(=O)(=O)NC(=O)NC3CCCCC3)cc2)cn1. The number of amides is 8. The molecule has 20 heteroatoms. The van der Waals surface area contributed by atoms with Crippen LogP contribution in [0.1, 0.15) is 112 Å². The third kappa shape index (κ3) is 15.1. The predicted molar refractivity (Wildman–Crippen MR) is 243 cm³/mol. The molecule has 6 rings (SSSR count). The molecule has 0 atom stereocenters. The van der Waals surface area contributed by atoms with Crippen molar-refractivity contribution in [3.63, 3.8) is 0 Å². The van der Waals surface area contributed by atoms with Gasteiger partial charge in [-0.2, -0.15) is 0 Å². The second-order valence-corrected chi connectivity index (χ2v) is 20.1. The van der Waals surface area contributed by atoms with Crippen LogP contribution in [-0.2, 0) is 37.7 Å². The zero-order valence-electron chi connectivity index (χ0n) is 37.4. The first-order chi connectivity index (χ1) is 30.9. The van der Waals surface area contributed by atoms with Gasteiger partial charge < -0.3 is 21.3 Å². The summed E-state index contributed by atoms with van der Waals surface area (Å²) in [6, 6.07) is 10.5. The molecule has 2 heterocycles. The highest BCUT2D eigenvalue weighted by molar-refractivity contribution is 7.90. The Hall–Kier alpha value is -5.89. The lowest BCUT2D eigenvalue weighted by atomic mass is 9.87. The van der Waals surface area contributed by atoms with Crippen molar-refractivity contribution in [1.82, 2.24) is 45.6 Å². The van der Waals surface area contributed by atoms with E-state index < -0.39 is 38.1 Å². The number of urea groups is 3. The molecule has 18 nitrogen and oxygen atoms in total. The Labute approximate surface area is 381 Å². The summed E-state index contributed by atoms with van der Waals surface area (Å²) in [5.41, 5.74) is 4.23. The van der Waals surface area contributed by atoms with Gasteiger partial charge in [0, 0.05) is 36.9 Å². The lowest BCUT2D eigenvalue weighted by molar-refractivity contribution is -0.123. The highest BCUT2D eigenvalue weighted by Gasteiger charge is 2.31. The molecule has 0 saturated heterocycles. The van der Waals surface area contributed by atoms with Crippen LogP contribution < -0.4 is 30.7 Å². The number of aryl methyl sites for hydroxylation is 1. The summed E-state index contributed by atoms with van der Waals surface area (Å²) in [5.74, 6) is 0.0658. The maximum atomic E-state index is 12.5. The quantitative estimate of drug-likeness (QED) is 0.123. The maximum absolute atomic E-state index is 12.5. The monoisotopic (exact) mass is 935 g/mol. The van der Waals surface area contributed by atoms with Gasteiger partial charge in [0.1, 0.15) is 5.69 Å². The molecule has 2 fully saturated rings. The number of hydrogen-bond acceptors (Lipinski definition) is 11. The first kappa shape index (κ1) is 50.1. The molecular formula is C45H61N9O9S2. The van der Waals surface area contributed by atoms with Crippen molar-refractivity contribution in [2.75, 3.05) is 19.6 Å². The number of nitrogens with one attached hydrogen (secondary N) is 6. The number of carbonyl (C=O) groups is 5. The van der Waals surface area contributed by atoms with E-state index in [0.717, 1.165) is 80.2 Å². The summed E-state index contributed by atoms with van der Waals surface area (Å²) in [6.07, 6.45) is 13.2. The zero-order chi connectivity index (χ0) is 47.1. The molecule has 65 heavy (non-hydrogen) atoms. The Bertz CT molecular complexity index is 2400. The summed E-state index contributed by atoms with van der Waals surface area (Å²) in [6.45, 7) is 8.68. The molecule has 6 N–H and O–H groups in total. The average Bonchev–Trinajstić information content (AvgIpc) is 3.57. The summed E-state index contributed by atoms with van der Waals surface area (Å²) in [7, 11) is -7.93. The van der Waals surface area contributed by atoms with Gasteiger partial charge in [0.2, 0.25) is 0 Å². The Morgan fingerprint density at radius 2 is 1.18 bits per heavy atom. The lowest BCUT2D eigenvalue weighted by Crippen LogP contribution is -2.45. The van der Waals surface area contributed by atoms with Crippen LogP contribution in [0.3, 0.4) is 0 Å². The molecule has 3 aliphatic rings. The summed E-state index contributed by atoms with van der Waals surface area (Å²) < 4.78 is 54.1. The standard InChI is InChI=1S/C24H34N4O5S.C21H27N5O4S/c1-4-21-17(3)15-28(22(21)29)24(31)25-14-13-18-7-11-20(12-8-18)34(32,33)27-23(30)26-19-9-5-16(2)6-10-19;1-15-13-24-19(14-23-15)20(27)22-12-11-16-7-9-18(10-8-16)31(29,30)26-21(28)25-17-5-3-2-4-6-17/h7-8,11-12,16,19H,4-6,9-10,13-15H2,1-3H3,(H,25,31)(H2,26,27,30);7-10,13-14,17H,2-6,11-12H2,1H3,(H,22,27)(H2,25,26,28). The van der Waals surface area contributed by atoms with Crippen LogP contribution in [0.15, 0.2) is 81.9 Å². The Balaban J connectivity index is 0.000000245. The highest BCUT2D eigenvalue weighted by Crippen LogP contribution is 2.24. The van der Waals surface area contributed by atoms with E-state index >= 15 is 0 Å². The normalized spacial score (nSPS) is 17.9. The van der Waals surface area contributed by atoms with Gasteiger partial charge in [0.05, 0.1) is 28.2 Å². The van der Waals surface area contributed by atoms with Crippen molar-refractivity contribution < 1.29 is 40.8 Å². The van der Waals surface area contributed by atoms with Crippen LogP contribution in [0.2, 0.25) is 0 Å². The zero-order valence-corrected chi connectivity index (χ0v) is 39.1. The Morgan fingerprint density at radius 3 is 1.66 bits per heavy atom. The van der Waals surface area contributed by atoms with Gasteiger partial charge >= 0.3 is 18.1 Å². The number of hydrogen-bond donors (Lipinski definition) is 6. The number of imide groups is 1. The number of nitrogens with zero attached hydrogens (tertiary/aromatic N) is 3. The number of aromatic nitrogens is 2. The summed E-state index contributed by atoms with van der Waals surface area (Å²) >= 11 is 0. The van der Waals surface area contributed by atoms with Crippen molar-refractivity contribution in [3.05, 3.63) is 94.6 Å². The van der Waals surface area contributed by atoms with Crippen molar-refractivity contribution in [2.24, 2.45) is 5.92 Å². The van der Waals surface area contributed by atoms with Crippen LogP contribution in [0, 0.1) is 12.8 Å². The van der Waals surface area contributed by atoms with E-state index in [1.165, 1.54) is 41.6 Å². The molecule has 1 aromatic heterocycles. The molecule has 2 saturated carbocycles. The van der Waals surface area contributed by atoms with Crippen LogP contribution in [0.25, 0.3) is 0 Å². The minimum absolute atomic E-state index is 0.00639. The predicted octanol–water partition coefficient (Wildman–Crippen LogP) is 5.15. The minimum Gasteiger partial charge on any atom is -0.350 e. The van der Waals surface area contributed by atoms with Gasteiger partial charge in [-0.25, -0.2) is 45.6 Å². The van der Waals surface area contributed by atoms with E-state index in [2.05, 4.69) is 47.6 Å². The minimum atomic E-state index is -3.98. The molecule has 0 bridgehead atoms. The molecule has 352 valence electrons. The van der Waals surface area contributed by atoms with Crippen LogP contribution >= 0.6 is 0 Å². The van der Waals surface area contributed by atoms with Gasteiger partial charge in [0.25, 0.3) is 31.9 Å². The fraction of sp³-hybridized carbons (Fsp3) is 0.489. The molecule has 2 aromatic carbocycles. The van der Waals surface area contributed by atoms with E-state index in [0.29, 0.717) is 50.4 Å². The lowest BCUT2D eigenvalue weighted by Gasteiger charge is -2.26. The average molecular weight is 936 g/mol. The maximum Gasteiger partial charge on any atom is 0.328 e. The largest absolute Gasteiger partial charge is 0.350 e. The fourth-order valence-electron chi connectivity index (χ4n) is 7.81. The molecule has 0 radical (unpaired) electrons. The number of benzene rings is 2. The molecule has 3 aromatic rings. The van der Waals surface area contributed by atoms with E-state index in [-0.39, 0.29) is 39.4 Å². The fourth-order valence-corrected chi connectivity index (χ4v) is 9.64. The molecular weight excluding hydrogens is 875 g/mol. The Morgan fingerprint density at radius 1 is 0.677 bits per heavy atom. The first-order valence-electron chi connectivity index (χ1n) is 22.1. The third-order valence-corrected chi connectivity index (χ3v) is 14.3. The van der Waals surface area contributed by atoms with Crippen molar-refractivity contribution in [3.8, 4) is 0 Å². The molecule has 8 amide bonds. The highest BCUT2D eigenvalue weighted by atomic mass is 32.2. The van der Waals surface area contributed by atoms with E-state index in [1.54, 1.807) is 31.2 Å². The van der Waals surface area contributed by atoms with Crippen LogP contribution in [0.5, 0.6) is 0 Å². The molecule has 0 spiro atoms. The number of carbonyl (C=O) groups excluding carboxylic acids is 5.